The molecule has 0 aliphatic rings. The molecule has 0 bridgehead atoms. The van der Waals surface area contributed by atoms with Gasteiger partial charge in [-0.3, -0.25) is 0 Å². The van der Waals surface area contributed by atoms with Gasteiger partial charge in [0.1, 0.15) is 0 Å². The van der Waals surface area contributed by atoms with Crippen molar-refractivity contribution in [2.24, 2.45) is 0 Å². The van der Waals surface area contributed by atoms with E-state index in [2.05, 4.69) is 21.6 Å². The Kier molecular flexibility index (Phi) is 3.96. The molecule has 0 unspecified atom stereocenters. The van der Waals surface area contributed by atoms with Crippen LogP contribution in [0.25, 0.3) is 0 Å². The Bertz CT molecular complexity index is 518. The van der Waals surface area contributed by atoms with Crippen LogP contribution in [0.2, 0.25) is 0 Å². The second kappa shape index (κ2) is 5.66. The Morgan fingerprint density at radius 3 is 2.82 bits per heavy atom. The number of hydrogen-bond acceptors (Lipinski definition) is 6. The summed E-state index contributed by atoms with van der Waals surface area (Å²) in [5, 5.41) is 20.6. The summed E-state index contributed by atoms with van der Waals surface area (Å²) >= 11 is 2.87. The van der Waals surface area contributed by atoms with Gasteiger partial charge in [-0.2, -0.15) is 5.26 Å². The zero-order valence-electron chi connectivity index (χ0n) is 9.12. The van der Waals surface area contributed by atoms with Crippen LogP contribution in [0.4, 0.5) is 10.8 Å². The summed E-state index contributed by atoms with van der Waals surface area (Å²) in [5.74, 6) is 0. The number of aromatic nitrogens is 2. The van der Waals surface area contributed by atoms with Crippen LogP contribution in [0.15, 0.2) is 34.7 Å². The molecule has 0 radical (unpaired) electrons. The zero-order chi connectivity index (χ0) is 12.1. The summed E-state index contributed by atoms with van der Waals surface area (Å²) in [6, 6.07) is 12.0. The van der Waals surface area contributed by atoms with E-state index in [1.165, 1.54) is 23.1 Å². The topological polar surface area (TPSA) is 61.6 Å². The molecule has 1 N–H and O–H groups in total. The summed E-state index contributed by atoms with van der Waals surface area (Å²) in [7, 11) is 0. The minimum absolute atomic E-state index is 0.104. The lowest BCUT2D eigenvalue weighted by Crippen LogP contribution is -1.88. The molecular weight excluding hydrogens is 252 g/mol. The van der Waals surface area contributed by atoms with Crippen LogP contribution >= 0.6 is 23.1 Å². The third-order valence-electron chi connectivity index (χ3n) is 1.89. The van der Waals surface area contributed by atoms with Crippen molar-refractivity contribution in [3.63, 3.8) is 0 Å². The number of benzene rings is 1. The largest absolute Gasteiger partial charge is 0.330 e. The number of thioether (sulfide) groups is 1. The number of nitrogens with one attached hydrogen (secondary N) is 1. The van der Waals surface area contributed by atoms with Gasteiger partial charge in [0.15, 0.2) is 4.34 Å². The van der Waals surface area contributed by atoms with E-state index in [0.29, 0.717) is 0 Å². The van der Waals surface area contributed by atoms with Gasteiger partial charge >= 0.3 is 0 Å². The first-order valence-corrected chi connectivity index (χ1v) is 6.69. The van der Waals surface area contributed by atoms with Gasteiger partial charge in [0.05, 0.1) is 11.3 Å². The first-order valence-electron chi connectivity index (χ1n) is 5.00. The van der Waals surface area contributed by atoms with Crippen LogP contribution < -0.4 is 5.32 Å². The van der Waals surface area contributed by atoms with Crippen molar-refractivity contribution in [1.82, 2.24) is 10.2 Å². The van der Waals surface area contributed by atoms with Crippen LogP contribution in [0.5, 0.6) is 0 Å². The monoisotopic (exact) mass is 262 g/mol. The van der Waals surface area contributed by atoms with E-state index in [0.717, 1.165) is 15.2 Å². The summed E-state index contributed by atoms with van der Waals surface area (Å²) in [5.41, 5.74) is 0.980. The molecule has 0 fully saturated rings. The van der Waals surface area contributed by atoms with E-state index in [1.807, 2.05) is 37.3 Å². The average Bonchev–Trinajstić information content (AvgIpc) is 2.77. The summed E-state index contributed by atoms with van der Waals surface area (Å²) in [4.78, 5) is 0. The highest BCUT2D eigenvalue weighted by Gasteiger charge is 2.08. The van der Waals surface area contributed by atoms with Crippen LogP contribution in [0.1, 0.15) is 6.92 Å². The first kappa shape index (κ1) is 11.9. The highest BCUT2D eigenvalue weighted by molar-refractivity contribution is 8.01. The van der Waals surface area contributed by atoms with Crippen LogP contribution in [0.3, 0.4) is 0 Å². The van der Waals surface area contributed by atoms with E-state index in [4.69, 9.17) is 5.26 Å². The standard InChI is InChI=1S/C11H10N4S2/c1-8(7-12)16-11-15-14-10(17-11)13-9-5-3-2-4-6-9/h2-6,8H,1H3,(H,13,14)/t8-/m1/s1. The molecule has 0 aliphatic heterocycles. The van der Waals surface area contributed by atoms with Crippen molar-refractivity contribution in [1.29, 1.82) is 5.26 Å². The number of para-hydroxylation sites is 1. The number of nitrogens with zero attached hydrogens (tertiary/aromatic N) is 3. The summed E-state index contributed by atoms with van der Waals surface area (Å²) < 4.78 is 0.803. The number of rotatable bonds is 4. The molecule has 1 atom stereocenters. The molecule has 2 rings (SSSR count). The first-order chi connectivity index (χ1) is 8.28. The third kappa shape index (κ3) is 3.44. The van der Waals surface area contributed by atoms with Crippen LogP contribution in [-0.2, 0) is 0 Å². The van der Waals surface area contributed by atoms with Crippen LogP contribution in [0, 0.1) is 11.3 Å². The van der Waals surface area contributed by atoms with Crippen molar-refractivity contribution in [2.75, 3.05) is 5.32 Å². The molecule has 0 spiro atoms. The van der Waals surface area contributed by atoms with Gasteiger partial charge in [0.25, 0.3) is 0 Å². The molecule has 1 aromatic heterocycles. The van der Waals surface area contributed by atoms with E-state index in [1.54, 1.807) is 0 Å². The maximum Gasteiger partial charge on any atom is 0.210 e. The lowest BCUT2D eigenvalue weighted by molar-refractivity contribution is 1.01. The molecule has 6 heteroatoms. The molecule has 17 heavy (non-hydrogen) atoms. The van der Waals surface area contributed by atoms with E-state index in [-0.39, 0.29) is 5.25 Å². The summed E-state index contributed by atoms with van der Waals surface area (Å²) in [6.07, 6.45) is 0. The van der Waals surface area contributed by atoms with Gasteiger partial charge in [-0.25, -0.2) is 0 Å². The lowest BCUT2D eigenvalue weighted by Gasteiger charge is -1.99. The Hall–Kier alpha value is -1.58. The number of hydrogen-bond donors (Lipinski definition) is 1. The lowest BCUT2D eigenvalue weighted by atomic mass is 10.3. The summed E-state index contributed by atoms with van der Waals surface area (Å²) in [6.45, 7) is 1.84. The fourth-order valence-corrected chi connectivity index (χ4v) is 2.93. The fraction of sp³-hybridized carbons (Fsp3) is 0.182. The van der Waals surface area contributed by atoms with Crippen molar-refractivity contribution in [3.05, 3.63) is 30.3 Å². The van der Waals surface area contributed by atoms with Crippen LogP contribution in [-0.4, -0.2) is 15.4 Å². The molecule has 1 heterocycles. The molecule has 0 saturated carbocycles. The Balaban J connectivity index is 2.02. The van der Waals surface area contributed by atoms with Crippen molar-refractivity contribution < 1.29 is 0 Å². The molecule has 0 amide bonds. The van der Waals surface area contributed by atoms with Crippen molar-refractivity contribution in [3.8, 4) is 6.07 Å². The van der Waals surface area contributed by atoms with Crippen molar-refractivity contribution in [2.45, 2.75) is 16.5 Å². The minimum atomic E-state index is -0.104. The number of anilines is 2. The smallest absolute Gasteiger partial charge is 0.210 e. The zero-order valence-corrected chi connectivity index (χ0v) is 10.8. The predicted molar refractivity (Wildman–Crippen MR) is 70.6 cm³/mol. The van der Waals surface area contributed by atoms with Gasteiger partial charge < -0.3 is 5.32 Å². The fourth-order valence-electron chi connectivity index (χ4n) is 1.13. The van der Waals surface area contributed by atoms with Crippen molar-refractivity contribution >= 4 is 33.9 Å². The predicted octanol–water partition coefficient (Wildman–Crippen LogP) is 3.29. The van der Waals surface area contributed by atoms with E-state index >= 15 is 0 Å². The molecule has 4 nitrogen and oxygen atoms in total. The second-order valence-corrected chi connectivity index (χ2v) is 5.82. The Labute approximate surface area is 108 Å². The second-order valence-electron chi connectivity index (χ2n) is 3.25. The van der Waals surface area contributed by atoms with Gasteiger partial charge in [0, 0.05) is 5.69 Å². The molecule has 0 saturated heterocycles. The molecular formula is C11H10N4S2. The van der Waals surface area contributed by atoms with Gasteiger partial charge in [0.2, 0.25) is 5.13 Å². The normalized spacial score (nSPS) is 11.8. The highest BCUT2D eigenvalue weighted by atomic mass is 32.2. The highest BCUT2D eigenvalue weighted by Crippen LogP contribution is 2.29. The van der Waals surface area contributed by atoms with E-state index in [9.17, 15) is 0 Å². The number of nitriles is 1. The maximum atomic E-state index is 8.71. The third-order valence-corrected chi connectivity index (χ3v) is 3.81. The quantitative estimate of drug-likeness (QED) is 0.857. The molecule has 0 aliphatic carbocycles. The molecule has 1 aromatic carbocycles. The molecule has 86 valence electrons. The van der Waals surface area contributed by atoms with Gasteiger partial charge in [-0.05, 0) is 19.1 Å². The average molecular weight is 262 g/mol. The van der Waals surface area contributed by atoms with Gasteiger partial charge in [-0.1, -0.05) is 41.3 Å². The minimum Gasteiger partial charge on any atom is -0.330 e. The SMILES string of the molecule is C[C@H](C#N)Sc1nnc(Nc2ccccc2)s1. The Morgan fingerprint density at radius 2 is 2.12 bits per heavy atom. The van der Waals surface area contributed by atoms with Gasteiger partial charge in [-0.15, -0.1) is 10.2 Å². The molecule has 2 aromatic rings. The van der Waals surface area contributed by atoms with E-state index < -0.39 is 0 Å². The Morgan fingerprint density at radius 1 is 1.35 bits per heavy atom. The maximum absolute atomic E-state index is 8.71.